The fourth-order valence-electron chi connectivity index (χ4n) is 0.665. The molecule has 1 rings (SSSR count). The van der Waals surface area contributed by atoms with Gasteiger partial charge in [0.1, 0.15) is 6.10 Å². The highest BCUT2D eigenvalue weighted by molar-refractivity contribution is 7.07. The predicted molar refractivity (Wildman–Crippen MR) is 40.7 cm³/mol. The lowest BCUT2D eigenvalue weighted by Gasteiger charge is -2.10. The van der Waals surface area contributed by atoms with Crippen LogP contribution in [0.5, 0.6) is 0 Å². The molecular formula is C6H7NO4S. The number of rotatable bonds is 3. The number of carbonyl (C=O) groups is 1. The molecule has 0 aliphatic carbocycles. The number of hydrogen-bond acceptors (Lipinski definition) is 5. The smallest absolute Gasteiger partial charge is 0.335 e. The van der Waals surface area contributed by atoms with Crippen molar-refractivity contribution in [1.29, 1.82) is 0 Å². The Labute approximate surface area is 71.9 Å². The van der Waals surface area contributed by atoms with Crippen LogP contribution in [0, 0.1) is 0 Å². The van der Waals surface area contributed by atoms with Crippen LogP contribution in [0.2, 0.25) is 0 Å². The molecular weight excluding hydrogens is 182 g/mol. The Morgan fingerprint density at radius 1 is 1.58 bits per heavy atom. The number of hydrogen-bond donors (Lipinski definition) is 3. The van der Waals surface area contributed by atoms with E-state index in [0.717, 1.165) is 0 Å². The van der Waals surface area contributed by atoms with E-state index in [2.05, 4.69) is 4.98 Å². The number of carboxylic acids is 1. The molecule has 2 atom stereocenters. The highest BCUT2D eigenvalue weighted by Gasteiger charge is 2.26. The van der Waals surface area contributed by atoms with E-state index >= 15 is 0 Å². The molecule has 3 N–H and O–H groups in total. The number of aromatic nitrogens is 1. The third-order valence-electron chi connectivity index (χ3n) is 1.31. The number of aliphatic carboxylic acids is 1. The van der Waals surface area contributed by atoms with Crippen molar-refractivity contribution in [3.05, 3.63) is 16.6 Å². The first-order chi connectivity index (χ1) is 5.63. The summed E-state index contributed by atoms with van der Waals surface area (Å²) in [6, 6.07) is 0. The Kier molecular flexibility index (Phi) is 2.74. The second kappa shape index (κ2) is 3.61. The zero-order chi connectivity index (χ0) is 9.14. The van der Waals surface area contributed by atoms with Crippen molar-refractivity contribution in [3.8, 4) is 0 Å². The number of aliphatic hydroxyl groups is 2. The van der Waals surface area contributed by atoms with Crippen LogP contribution in [0.1, 0.15) is 11.8 Å². The summed E-state index contributed by atoms with van der Waals surface area (Å²) in [5.41, 5.74) is 1.63. The third-order valence-corrected chi connectivity index (χ3v) is 1.91. The Morgan fingerprint density at radius 3 is 2.67 bits per heavy atom. The summed E-state index contributed by atoms with van der Waals surface area (Å²) in [4.78, 5) is 13.9. The van der Waals surface area contributed by atoms with Gasteiger partial charge < -0.3 is 15.3 Å². The predicted octanol–water partition coefficient (Wildman–Crippen LogP) is -0.378. The van der Waals surface area contributed by atoms with E-state index < -0.39 is 18.2 Å². The third kappa shape index (κ3) is 1.79. The quantitative estimate of drug-likeness (QED) is 0.603. The molecule has 0 spiro atoms. The molecule has 6 heteroatoms. The minimum atomic E-state index is -1.81. The second-order valence-electron chi connectivity index (χ2n) is 2.14. The lowest BCUT2D eigenvalue weighted by Crippen LogP contribution is -2.27. The summed E-state index contributed by atoms with van der Waals surface area (Å²) in [5, 5.41) is 27.8. The van der Waals surface area contributed by atoms with E-state index in [-0.39, 0.29) is 5.69 Å². The highest BCUT2D eigenvalue weighted by atomic mass is 32.1. The van der Waals surface area contributed by atoms with Gasteiger partial charge in [0.15, 0.2) is 6.10 Å². The van der Waals surface area contributed by atoms with E-state index in [1.54, 1.807) is 0 Å². The van der Waals surface area contributed by atoms with Crippen LogP contribution in [-0.2, 0) is 4.79 Å². The Morgan fingerprint density at radius 2 is 2.25 bits per heavy atom. The first-order valence-electron chi connectivity index (χ1n) is 3.10. The molecule has 2 unspecified atom stereocenters. The van der Waals surface area contributed by atoms with E-state index in [9.17, 15) is 4.79 Å². The van der Waals surface area contributed by atoms with Gasteiger partial charge in [0.05, 0.1) is 11.2 Å². The largest absolute Gasteiger partial charge is 0.479 e. The van der Waals surface area contributed by atoms with Crippen LogP contribution in [0.3, 0.4) is 0 Å². The lowest BCUT2D eigenvalue weighted by atomic mass is 10.1. The van der Waals surface area contributed by atoms with Crippen molar-refractivity contribution < 1.29 is 20.1 Å². The van der Waals surface area contributed by atoms with Crippen molar-refractivity contribution in [2.45, 2.75) is 12.2 Å². The normalized spacial score (nSPS) is 15.5. The Hall–Kier alpha value is -0.980. The fourth-order valence-corrected chi connectivity index (χ4v) is 1.25. The van der Waals surface area contributed by atoms with Gasteiger partial charge in [0.25, 0.3) is 0 Å². The molecule has 0 aliphatic heterocycles. The molecule has 0 aromatic carbocycles. The monoisotopic (exact) mass is 189 g/mol. The van der Waals surface area contributed by atoms with Crippen LogP contribution in [0.15, 0.2) is 10.9 Å². The average molecular weight is 189 g/mol. The van der Waals surface area contributed by atoms with Gasteiger partial charge in [0.2, 0.25) is 0 Å². The first-order valence-corrected chi connectivity index (χ1v) is 4.04. The number of aliphatic hydroxyl groups excluding tert-OH is 2. The van der Waals surface area contributed by atoms with Crippen molar-refractivity contribution in [2.75, 3.05) is 0 Å². The molecule has 0 bridgehead atoms. The first kappa shape index (κ1) is 9.11. The molecule has 0 saturated carbocycles. The van der Waals surface area contributed by atoms with Gasteiger partial charge in [-0.15, -0.1) is 11.3 Å². The summed E-state index contributed by atoms with van der Waals surface area (Å²) in [6.45, 7) is 0. The Balaban J connectivity index is 2.71. The molecule has 0 fully saturated rings. The lowest BCUT2D eigenvalue weighted by molar-refractivity contribution is -0.153. The van der Waals surface area contributed by atoms with Crippen LogP contribution < -0.4 is 0 Å². The summed E-state index contributed by atoms with van der Waals surface area (Å²) in [6.07, 6.45) is -3.26. The van der Waals surface area contributed by atoms with Crippen LogP contribution in [0.25, 0.3) is 0 Å². The molecule has 1 aromatic heterocycles. The molecule has 1 aromatic rings. The molecule has 0 radical (unpaired) electrons. The number of carboxylic acid groups (broad SMARTS) is 1. The summed E-state index contributed by atoms with van der Waals surface area (Å²) >= 11 is 1.22. The van der Waals surface area contributed by atoms with Gasteiger partial charge >= 0.3 is 5.97 Å². The fraction of sp³-hybridized carbons (Fsp3) is 0.333. The van der Waals surface area contributed by atoms with E-state index in [1.807, 2.05) is 0 Å². The maximum atomic E-state index is 10.2. The zero-order valence-electron chi connectivity index (χ0n) is 5.91. The van der Waals surface area contributed by atoms with Crippen molar-refractivity contribution in [1.82, 2.24) is 4.98 Å². The molecule has 66 valence electrons. The summed E-state index contributed by atoms with van der Waals surface area (Å²) < 4.78 is 0. The molecule has 0 saturated heterocycles. The minimum Gasteiger partial charge on any atom is -0.479 e. The maximum Gasteiger partial charge on any atom is 0.335 e. The standard InChI is InChI=1S/C6H7NO4S/c8-4(5(9)6(10)11)3-1-12-2-7-3/h1-2,4-5,8-9H,(H,10,11). The van der Waals surface area contributed by atoms with Gasteiger partial charge in [-0.1, -0.05) is 0 Å². The van der Waals surface area contributed by atoms with Gasteiger partial charge in [0, 0.05) is 5.38 Å². The van der Waals surface area contributed by atoms with Crippen LogP contribution >= 0.6 is 11.3 Å². The van der Waals surface area contributed by atoms with Gasteiger partial charge in [-0.05, 0) is 0 Å². The van der Waals surface area contributed by atoms with Crippen LogP contribution in [-0.4, -0.2) is 32.4 Å². The maximum absolute atomic E-state index is 10.2. The zero-order valence-corrected chi connectivity index (χ0v) is 6.73. The van der Waals surface area contributed by atoms with E-state index in [0.29, 0.717) is 0 Å². The highest BCUT2D eigenvalue weighted by Crippen LogP contribution is 2.16. The van der Waals surface area contributed by atoms with Crippen molar-refractivity contribution >= 4 is 17.3 Å². The van der Waals surface area contributed by atoms with Crippen LogP contribution in [0.4, 0.5) is 0 Å². The number of thiazole rings is 1. The second-order valence-corrected chi connectivity index (χ2v) is 2.86. The molecule has 0 amide bonds. The summed E-state index contributed by atoms with van der Waals surface area (Å²) in [5.74, 6) is -1.46. The molecule has 5 nitrogen and oxygen atoms in total. The average Bonchev–Trinajstić information content (AvgIpc) is 2.53. The van der Waals surface area contributed by atoms with Crippen molar-refractivity contribution in [3.63, 3.8) is 0 Å². The Bertz CT molecular complexity index is 261. The number of nitrogens with zero attached hydrogens (tertiary/aromatic N) is 1. The molecule has 12 heavy (non-hydrogen) atoms. The van der Waals surface area contributed by atoms with Gasteiger partial charge in [-0.3, -0.25) is 0 Å². The van der Waals surface area contributed by atoms with E-state index in [1.165, 1.54) is 22.2 Å². The minimum absolute atomic E-state index is 0.176. The van der Waals surface area contributed by atoms with Gasteiger partial charge in [-0.2, -0.15) is 0 Å². The molecule has 1 heterocycles. The SMILES string of the molecule is O=C(O)C(O)C(O)c1cscn1. The van der Waals surface area contributed by atoms with Crippen molar-refractivity contribution in [2.24, 2.45) is 0 Å². The summed E-state index contributed by atoms with van der Waals surface area (Å²) in [7, 11) is 0. The van der Waals surface area contributed by atoms with E-state index in [4.69, 9.17) is 15.3 Å². The topological polar surface area (TPSA) is 90.7 Å². The van der Waals surface area contributed by atoms with Gasteiger partial charge in [-0.25, -0.2) is 9.78 Å². The molecule has 0 aliphatic rings.